The molecule has 0 heterocycles. The van der Waals surface area contributed by atoms with E-state index in [1.165, 1.54) is 27.4 Å². The molecule has 20 heavy (non-hydrogen) atoms. The van der Waals surface area contributed by atoms with Crippen molar-refractivity contribution >= 4 is 18.0 Å². The van der Waals surface area contributed by atoms with Crippen LogP contribution in [0.4, 0.5) is 0 Å². The molecule has 0 saturated carbocycles. The van der Waals surface area contributed by atoms with Gasteiger partial charge in [-0.25, -0.2) is 9.59 Å². The van der Waals surface area contributed by atoms with Crippen molar-refractivity contribution in [3.63, 3.8) is 0 Å². The standard InChI is InChI=1S/C14H16O6/c1-17-12-8-10(5-7-13(15)18-2)4-6-11(12)20-9-14(16)19-3/h4-8H,9H2,1-3H3/b7-5+. The third-order valence-corrected chi connectivity index (χ3v) is 2.37. The minimum Gasteiger partial charge on any atom is -0.493 e. The summed E-state index contributed by atoms with van der Waals surface area (Å²) < 4.78 is 19.4. The SMILES string of the molecule is COC(=O)/C=C/c1ccc(OCC(=O)OC)c(OC)c1. The van der Waals surface area contributed by atoms with Crippen LogP contribution < -0.4 is 9.47 Å². The molecule has 1 aromatic rings. The Labute approximate surface area is 116 Å². The van der Waals surface area contributed by atoms with Crippen LogP contribution in [0.25, 0.3) is 6.08 Å². The van der Waals surface area contributed by atoms with Gasteiger partial charge in [-0.05, 0) is 23.8 Å². The van der Waals surface area contributed by atoms with Gasteiger partial charge in [0.15, 0.2) is 18.1 Å². The average molecular weight is 280 g/mol. The van der Waals surface area contributed by atoms with E-state index in [2.05, 4.69) is 9.47 Å². The van der Waals surface area contributed by atoms with Crippen LogP contribution in [0.3, 0.4) is 0 Å². The molecule has 6 nitrogen and oxygen atoms in total. The topological polar surface area (TPSA) is 71.1 Å². The molecule has 0 radical (unpaired) electrons. The minimum absolute atomic E-state index is 0.204. The van der Waals surface area contributed by atoms with Gasteiger partial charge in [-0.3, -0.25) is 0 Å². The molecule has 0 N–H and O–H groups in total. The van der Waals surface area contributed by atoms with Gasteiger partial charge in [-0.15, -0.1) is 0 Å². The molecule has 0 unspecified atom stereocenters. The average Bonchev–Trinajstić information content (AvgIpc) is 2.50. The van der Waals surface area contributed by atoms with E-state index < -0.39 is 11.9 Å². The maximum atomic E-state index is 11.0. The van der Waals surface area contributed by atoms with Crippen molar-refractivity contribution in [3.05, 3.63) is 29.8 Å². The van der Waals surface area contributed by atoms with E-state index in [1.807, 2.05) is 0 Å². The summed E-state index contributed by atoms with van der Waals surface area (Å²) in [4.78, 5) is 22.0. The largest absolute Gasteiger partial charge is 0.493 e. The predicted molar refractivity (Wildman–Crippen MR) is 71.6 cm³/mol. The molecule has 0 amide bonds. The molecule has 0 aliphatic rings. The molecule has 0 aromatic heterocycles. The highest BCUT2D eigenvalue weighted by molar-refractivity contribution is 5.87. The van der Waals surface area contributed by atoms with E-state index in [9.17, 15) is 9.59 Å². The van der Waals surface area contributed by atoms with E-state index >= 15 is 0 Å². The molecular weight excluding hydrogens is 264 g/mol. The third kappa shape index (κ3) is 4.64. The Bertz CT molecular complexity index is 506. The van der Waals surface area contributed by atoms with Gasteiger partial charge in [0, 0.05) is 6.08 Å². The van der Waals surface area contributed by atoms with Crippen LogP contribution in [-0.4, -0.2) is 39.9 Å². The van der Waals surface area contributed by atoms with E-state index in [0.717, 1.165) is 5.56 Å². The van der Waals surface area contributed by atoms with Crippen molar-refractivity contribution in [2.75, 3.05) is 27.9 Å². The second-order valence-electron chi connectivity index (χ2n) is 3.63. The van der Waals surface area contributed by atoms with Crippen molar-refractivity contribution in [3.8, 4) is 11.5 Å². The molecule has 6 heteroatoms. The number of rotatable bonds is 6. The zero-order valence-corrected chi connectivity index (χ0v) is 11.5. The summed E-state index contributed by atoms with van der Waals surface area (Å²) in [5.74, 6) is -0.0780. The maximum Gasteiger partial charge on any atom is 0.343 e. The molecule has 0 atom stereocenters. The number of ether oxygens (including phenoxy) is 4. The fraction of sp³-hybridized carbons (Fsp3) is 0.286. The maximum absolute atomic E-state index is 11.0. The summed E-state index contributed by atoms with van der Waals surface area (Å²) in [7, 11) is 4.06. The molecule has 1 rings (SSSR count). The Kier molecular flexibility index (Phi) is 6.09. The molecule has 0 spiro atoms. The van der Waals surface area contributed by atoms with Crippen LogP contribution in [0.2, 0.25) is 0 Å². The zero-order valence-electron chi connectivity index (χ0n) is 11.5. The first-order chi connectivity index (χ1) is 9.60. The smallest absolute Gasteiger partial charge is 0.343 e. The summed E-state index contributed by atoms with van der Waals surface area (Å²) in [5.41, 5.74) is 0.734. The second-order valence-corrected chi connectivity index (χ2v) is 3.63. The fourth-order valence-electron chi connectivity index (χ4n) is 1.34. The number of hydrogen-bond acceptors (Lipinski definition) is 6. The number of benzene rings is 1. The molecule has 0 fully saturated rings. The number of carbonyl (C=O) groups excluding carboxylic acids is 2. The molecule has 0 aliphatic heterocycles. The van der Waals surface area contributed by atoms with Gasteiger partial charge in [0.1, 0.15) is 0 Å². The van der Waals surface area contributed by atoms with Crippen molar-refractivity contribution < 1.29 is 28.5 Å². The highest BCUT2D eigenvalue weighted by Gasteiger charge is 2.08. The summed E-state index contributed by atoms with van der Waals surface area (Å²) in [6, 6.07) is 5.03. The van der Waals surface area contributed by atoms with Crippen molar-refractivity contribution in [2.24, 2.45) is 0 Å². The summed E-state index contributed by atoms with van der Waals surface area (Å²) >= 11 is 0. The fourth-order valence-corrected chi connectivity index (χ4v) is 1.34. The van der Waals surface area contributed by atoms with E-state index in [1.54, 1.807) is 24.3 Å². The van der Waals surface area contributed by atoms with Crippen LogP contribution in [0, 0.1) is 0 Å². The van der Waals surface area contributed by atoms with Crippen LogP contribution in [0.15, 0.2) is 24.3 Å². The van der Waals surface area contributed by atoms with Gasteiger partial charge in [0.25, 0.3) is 0 Å². The molecular formula is C14H16O6. The molecule has 1 aromatic carbocycles. The van der Waals surface area contributed by atoms with Crippen LogP contribution in [-0.2, 0) is 19.1 Å². The molecule has 0 saturated heterocycles. The molecule has 0 aliphatic carbocycles. The van der Waals surface area contributed by atoms with E-state index in [4.69, 9.17) is 9.47 Å². The molecule has 108 valence electrons. The first kappa shape index (κ1) is 15.6. The van der Waals surface area contributed by atoms with Gasteiger partial charge < -0.3 is 18.9 Å². The van der Waals surface area contributed by atoms with Gasteiger partial charge in [0.05, 0.1) is 21.3 Å². The highest BCUT2D eigenvalue weighted by Crippen LogP contribution is 2.28. The van der Waals surface area contributed by atoms with Crippen molar-refractivity contribution in [1.82, 2.24) is 0 Å². The number of carbonyl (C=O) groups is 2. The van der Waals surface area contributed by atoms with Crippen LogP contribution in [0.1, 0.15) is 5.56 Å². The Balaban J connectivity index is 2.82. The number of methoxy groups -OCH3 is 3. The van der Waals surface area contributed by atoms with Crippen molar-refractivity contribution in [1.29, 1.82) is 0 Å². The van der Waals surface area contributed by atoms with Crippen molar-refractivity contribution in [2.45, 2.75) is 0 Å². The minimum atomic E-state index is -0.485. The van der Waals surface area contributed by atoms with Gasteiger partial charge in [-0.2, -0.15) is 0 Å². The van der Waals surface area contributed by atoms with Gasteiger partial charge >= 0.3 is 11.9 Å². The monoisotopic (exact) mass is 280 g/mol. The Morgan fingerprint density at radius 2 is 1.85 bits per heavy atom. The first-order valence-electron chi connectivity index (χ1n) is 5.74. The Morgan fingerprint density at radius 3 is 2.45 bits per heavy atom. The quantitative estimate of drug-likeness (QED) is 0.580. The number of esters is 2. The lowest BCUT2D eigenvalue weighted by Crippen LogP contribution is -2.12. The van der Waals surface area contributed by atoms with Crippen LogP contribution >= 0.6 is 0 Å². The summed E-state index contributed by atoms with van der Waals surface area (Å²) in [6.45, 7) is -0.204. The highest BCUT2D eigenvalue weighted by atomic mass is 16.6. The zero-order chi connectivity index (χ0) is 15.0. The van der Waals surface area contributed by atoms with Gasteiger partial charge in [0.2, 0.25) is 0 Å². The van der Waals surface area contributed by atoms with E-state index in [-0.39, 0.29) is 6.61 Å². The predicted octanol–water partition coefficient (Wildman–Crippen LogP) is 1.43. The van der Waals surface area contributed by atoms with Crippen LogP contribution in [0.5, 0.6) is 11.5 Å². The van der Waals surface area contributed by atoms with E-state index in [0.29, 0.717) is 11.5 Å². The summed E-state index contributed by atoms with van der Waals surface area (Å²) in [6.07, 6.45) is 2.88. The van der Waals surface area contributed by atoms with Gasteiger partial charge in [-0.1, -0.05) is 6.07 Å². The molecule has 0 bridgehead atoms. The second kappa shape index (κ2) is 7.83. The lowest BCUT2D eigenvalue weighted by atomic mass is 10.2. The Hall–Kier alpha value is -2.50. The lowest BCUT2D eigenvalue weighted by Gasteiger charge is -2.10. The third-order valence-electron chi connectivity index (χ3n) is 2.37. The lowest BCUT2D eigenvalue weighted by molar-refractivity contribution is -0.143. The normalized spacial score (nSPS) is 10.2. The first-order valence-corrected chi connectivity index (χ1v) is 5.74. The number of hydrogen-bond donors (Lipinski definition) is 0. The Morgan fingerprint density at radius 1 is 1.10 bits per heavy atom. The summed E-state index contributed by atoms with van der Waals surface area (Å²) in [5, 5.41) is 0.